The molecule has 3 nitrogen and oxygen atoms in total. The van der Waals surface area contributed by atoms with Crippen molar-refractivity contribution in [1.82, 2.24) is 9.30 Å². The first-order valence-electron chi connectivity index (χ1n) is 12.6. The molecule has 0 unspecified atom stereocenters. The molecule has 2 heterocycles. The summed E-state index contributed by atoms with van der Waals surface area (Å²) < 4.78 is 2.06. The number of hydrogen-bond acceptors (Lipinski definition) is 2. The number of carbonyl (C=O) groups excluding carboxylic acids is 1. The molecule has 2 aromatic heterocycles. The summed E-state index contributed by atoms with van der Waals surface area (Å²) in [6, 6.07) is 16.6. The third-order valence-corrected chi connectivity index (χ3v) is 6.26. The summed E-state index contributed by atoms with van der Waals surface area (Å²) in [5.41, 5.74) is 5.20. The summed E-state index contributed by atoms with van der Waals surface area (Å²) in [6.45, 7) is 10.3. The maximum absolute atomic E-state index is 13.4. The Morgan fingerprint density at radius 3 is 2.25 bits per heavy atom. The van der Waals surface area contributed by atoms with E-state index in [1.165, 1.54) is 50.9 Å². The van der Waals surface area contributed by atoms with Crippen LogP contribution < -0.4 is 0 Å². The summed E-state index contributed by atoms with van der Waals surface area (Å²) in [7, 11) is 0. The maximum atomic E-state index is 13.4. The van der Waals surface area contributed by atoms with Crippen LogP contribution >= 0.6 is 0 Å². The number of carbonyl (C=O) groups is 1. The third kappa shape index (κ3) is 6.32. The van der Waals surface area contributed by atoms with E-state index in [1.807, 2.05) is 30.5 Å². The van der Waals surface area contributed by atoms with Crippen LogP contribution in [0.5, 0.6) is 0 Å². The van der Waals surface area contributed by atoms with Crippen LogP contribution in [0.25, 0.3) is 5.52 Å². The maximum Gasteiger partial charge on any atom is 0.210 e. The Labute approximate surface area is 194 Å². The molecule has 0 aliphatic heterocycles. The van der Waals surface area contributed by atoms with Crippen LogP contribution in [0.4, 0.5) is 0 Å². The topological polar surface area (TPSA) is 24.7 Å². The number of fused-ring (bicyclic) bond motifs is 1. The number of ketones is 1. The van der Waals surface area contributed by atoms with Gasteiger partial charge in [0.05, 0.1) is 5.69 Å². The van der Waals surface area contributed by atoms with Gasteiger partial charge >= 0.3 is 0 Å². The fourth-order valence-electron chi connectivity index (χ4n) is 4.58. The van der Waals surface area contributed by atoms with E-state index in [4.69, 9.17) is 0 Å². The molecule has 0 aliphatic rings. The summed E-state index contributed by atoms with van der Waals surface area (Å²) in [6.07, 6.45) is 11.2. The van der Waals surface area contributed by atoms with Gasteiger partial charge in [0.15, 0.2) is 0 Å². The van der Waals surface area contributed by atoms with Crippen molar-refractivity contribution in [3.05, 3.63) is 77.1 Å². The molecular formula is C29H40N2O. The van der Waals surface area contributed by atoms with Gasteiger partial charge in [0.25, 0.3) is 0 Å². The fraction of sp³-hybridized carbons (Fsp3) is 0.483. The molecule has 3 aromatic rings. The number of hydrogen-bond donors (Lipinski definition) is 0. The van der Waals surface area contributed by atoms with Crippen molar-refractivity contribution in [1.29, 1.82) is 0 Å². The minimum Gasteiger partial charge on any atom is -0.313 e. The van der Waals surface area contributed by atoms with E-state index in [9.17, 15) is 4.79 Å². The standard InChI is InChI=1S/C29H40N2O/c1-4-7-13-26-23-27-14-9-11-22-31(27)28(26)29(32)25-17-15-24(16-18-25)12-8-10-21-30(19-5-2)20-6-3/h9,11,14-18,22-23H,4-8,10,12-13,19-21H2,1-3H3. The molecule has 0 fully saturated rings. The number of aryl methyl sites for hydroxylation is 2. The minimum atomic E-state index is 0.128. The molecule has 0 N–H and O–H groups in total. The smallest absolute Gasteiger partial charge is 0.210 e. The molecule has 3 heteroatoms. The third-order valence-electron chi connectivity index (χ3n) is 6.26. The second kappa shape index (κ2) is 12.6. The summed E-state index contributed by atoms with van der Waals surface area (Å²) in [4.78, 5) is 16.0. The van der Waals surface area contributed by atoms with E-state index in [0.717, 1.165) is 48.0 Å². The molecule has 0 spiro atoms. The van der Waals surface area contributed by atoms with Gasteiger partial charge in [-0.1, -0.05) is 57.5 Å². The molecular weight excluding hydrogens is 392 g/mol. The SMILES string of the molecule is CCCCc1cc2ccccn2c1C(=O)c1ccc(CCCCN(CCC)CCC)cc1. The number of nitrogens with zero attached hydrogens (tertiary/aromatic N) is 2. The Kier molecular flexibility index (Phi) is 9.55. The van der Waals surface area contributed by atoms with E-state index < -0.39 is 0 Å². The van der Waals surface area contributed by atoms with Crippen molar-refractivity contribution in [3.8, 4) is 0 Å². The molecule has 0 bridgehead atoms. The van der Waals surface area contributed by atoms with Crippen molar-refractivity contribution in [2.24, 2.45) is 0 Å². The molecule has 172 valence electrons. The van der Waals surface area contributed by atoms with Crippen molar-refractivity contribution < 1.29 is 4.79 Å². The summed E-state index contributed by atoms with van der Waals surface area (Å²) >= 11 is 0. The molecule has 1 aromatic carbocycles. The first kappa shape index (κ1) is 24.3. The Morgan fingerprint density at radius 2 is 1.56 bits per heavy atom. The van der Waals surface area contributed by atoms with Crippen LogP contribution in [0.1, 0.15) is 86.5 Å². The largest absolute Gasteiger partial charge is 0.313 e. The number of benzene rings is 1. The highest BCUT2D eigenvalue weighted by Crippen LogP contribution is 2.22. The van der Waals surface area contributed by atoms with Gasteiger partial charge in [0.1, 0.15) is 0 Å². The average molecular weight is 433 g/mol. The Bertz CT molecular complexity index is 964. The van der Waals surface area contributed by atoms with Crippen LogP contribution in [0.15, 0.2) is 54.7 Å². The van der Waals surface area contributed by atoms with Crippen LogP contribution in [0.2, 0.25) is 0 Å². The number of rotatable bonds is 14. The lowest BCUT2D eigenvalue weighted by Gasteiger charge is -2.20. The second-order valence-corrected chi connectivity index (χ2v) is 8.94. The second-order valence-electron chi connectivity index (χ2n) is 8.94. The van der Waals surface area contributed by atoms with Gasteiger partial charge in [0.2, 0.25) is 5.78 Å². The number of unbranched alkanes of at least 4 members (excludes halogenated alkanes) is 2. The van der Waals surface area contributed by atoms with E-state index in [0.29, 0.717) is 0 Å². The van der Waals surface area contributed by atoms with Gasteiger partial charge in [0, 0.05) is 17.3 Å². The zero-order valence-corrected chi connectivity index (χ0v) is 20.3. The summed E-state index contributed by atoms with van der Waals surface area (Å²) in [5, 5.41) is 0. The highest BCUT2D eigenvalue weighted by molar-refractivity contribution is 6.09. The molecule has 0 amide bonds. The fourth-order valence-corrected chi connectivity index (χ4v) is 4.58. The molecule has 32 heavy (non-hydrogen) atoms. The van der Waals surface area contributed by atoms with Crippen LogP contribution in [-0.4, -0.2) is 34.7 Å². The van der Waals surface area contributed by atoms with Gasteiger partial charge < -0.3 is 9.30 Å². The van der Waals surface area contributed by atoms with Crippen LogP contribution in [-0.2, 0) is 12.8 Å². The van der Waals surface area contributed by atoms with E-state index in [1.54, 1.807) is 0 Å². The molecule has 0 radical (unpaired) electrons. The molecule has 3 rings (SSSR count). The predicted molar refractivity (Wildman–Crippen MR) is 136 cm³/mol. The lowest BCUT2D eigenvalue weighted by Crippen LogP contribution is -2.26. The Morgan fingerprint density at radius 1 is 0.812 bits per heavy atom. The van der Waals surface area contributed by atoms with Gasteiger partial charge in [-0.05, 0) is 93.9 Å². The first-order valence-corrected chi connectivity index (χ1v) is 12.6. The molecule has 0 saturated heterocycles. The Balaban J connectivity index is 1.64. The summed E-state index contributed by atoms with van der Waals surface area (Å²) in [5.74, 6) is 0.128. The zero-order valence-electron chi connectivity index (χ0n) is 20.3. The average Bonchev–Trinajstić information content (AvgIpc) is 3.19. The van der Waals surface area contributed by atoms with Crippen LogP contribution in [0.3, 0.4) is 0 Å². The molecule has 0 atom stereocenters. The lowest BCUT2D eigenvalue weighted by atomic mass is 9.99. The normalized spacial score (nSPS) is 11.5. The van der Waals surface area contributed by atoms with Gasteiger partial charge in [-0.15, -0.1) is 0 Å². The molecule has 0 aliphatic carbocycles. The van der Waals surface area contributed by atoms with E-state index in [-0.39, 0.29) is 5.78 Å². The van der Waals surface area contributed by atoms with E-state index >= 15 is 0 Å². The van der Waals surface area contributed by atoms with Crippen molar-refractivity contribution >= 4 is 11.3 Å². The number of pyridine rings is 1. The lowest BCUT2D eigenvalue weighted by molar-refractivity contribution is 0.103. The molecule has 0 saturated carbocycles. The minimum absolute atomic E-state index is 0.128. The van der Waals surface area contributed by atoms with Crippen molar-refractivity contribution in [2.75, 3.05) is 19.6 Å². The monoisotopic (exact) mass is 432 g/mol. The van der Waals surface area contributed by atoms with Gasteiger partial charge in [-0.2, -0.15) is 0 Å². The van der Waals surface area contributed by atoms with Crippen molar-refractivity contribution in [2.45, 2.75) is 72.1 Å². The highest BCUT2D eigenvalue weighted by Gasteiger charge is 2.18. The highest BCUT2D eigenvalue weighted by atomic mass is 16.1. The Hall–Kier alpha value is -2.39. The first-order chi connectivity index (χ1) is 15.7. The quantitative estimate of drug-likeness (QED) is 0.203. The van der Waals surface area contributed by atoms with Gasteiger partial charge in [-0.25, -0.2) is 0 Å². The van der Waals surface area contributed by atoms with Crippen molar-refractivity contribution in [3.63, 3.8) is 0 Å². The van der Waals surface area contributed by atoms with Crippen LogP contribution in [0, 0.1) is 0 Å². The number of aromatic nitrogens is 1. The van der Waals surface area contributed by atoms with Gasteiger partial charge in [-0.3, -0.25) is 4.79 Å². The predicted octanol–water partition coefficient (Wildman–Crippen LogP) is 6.96. The zero-order chi connectivity index (χ0) is 22.8. The van der Waals surface area contributed by atoms with E-state index in [2.05, 4.69) is 54.3 Å².